The molecule has 7 heteroatoms. The normalized spacial score (nSPS) is 18.4. The van der Waals surface area contributed by atoms with Crippen LogP contribution in [0.15, 0.2) is 40.6 Å². The Bertz CT molecular complexity index is 827. The molecule has 0 aliphatic carbocycles. The van der Waals surface area contributed by atoms with Gasteiger partial charge in [-0.2, -0.15) is 0 Å². The van der Waals surface area contributed by atoms with Crippen LogP contribution in [0.1, 0.15) is 21.9 Å². The van der Waals surface area contributed by atoms with E-state index in [9.17, 15) is 13.2 Å². The van der Waals surface area contributed by atoms with Crippen LogP contribution in [0.5, 0.6) is 0 Å². The maximum atomic E-state index is 12.1. The van der Waals surface area contributed by atoms with Crippen molar-refractivity contribution in [3.8, 4) is 0 Å². The second-order valence-electron chi connectivity index (χ2n) is 5.67. The SMILES string of the molecule is Cc1csc(CNC(=O)NCC2CS(=O)(=O)c3ccccc32)c1. The van der Waals surface area contributed by atoms with E-state index in [0.29, 0.717) is 18.0 Å². The Morgan fingerprint density at radius 1 is 1.30 bits per heavy atom. The summed E-state index contributed by atoms with van der Waals surface area (Å²) in [4.78, 5) is 13.4. The summed E-state index contributed by atoms with van der Waals surface area (Å²) in [6.45, 7) is 2.80. The van der Waals surface area contributed by atoms with Crippen molar-refractivity contribution in [2.75, 3.05) is 12.3 Å². The van der Waals surface area contributed by atoms with Crippen molar-refractivity contribution >= 4 is 27.2 Å². The first-order chi connectivity index (χ1) is 11.0. The largest absolute Gasteiger partial charge is 0.338 e. The van der Waals surface area contributed by atoms with E-state index in [-0.39, 0.29) is 17.7 Å². The summed E-state index contributed by atoms with van der Waals surface area (Å²) in [5.41, 5.74) is 1.97. The number of sulfone groups is 1. The number of carbonyl (C=O) groups excluding carboxylic acids is 1. The average molecular weight is 350 g/mol. The zero-order valence-electron chi connectivity index (χ0n) is 12.7. The lowest BCUT2D eigenvalue weighted by Gasteiger charge is -2.12. The molecule has 1 aliphatic heterocycles. The zero-order valence-corrected chi connectivity index (χ0v) is 14.3. The van der Waals surface area contributed by atoms with E-state index >= 15 is 0 Å². The average Bonchev–Trinajstić information content (AvgIpc) is 3.05. The highest BCUT2D eigenvalue weighted by molar-refractivity contribution is 7.91. The summed E-state index contributed by atoms with van der Waals surface area (Å²) in [5, 5.41) is 7.60. The summed E-state index contributed by atoms with van der Waals surface area (Å²) >= 11 is 1.60. The highest BCUT2D eigenvalue weighted by atomic mass is 32.2. The van der Waals surface area contributed by atoms with Gasteiger partial charge in [0.25, 0.3) is 0 Å². The first kappa shape index (κ1) is 16.0. The summed E-state index contributed by atoms with van der Waals surface area (Å²) in [5.74, 6) is -0.137. The number of urea groups is 1. The summed E-state index contributed by atoms with van der Waals surface area (Å²) in [6.07, 6.45) is 0. The number of nitrogens with one attached hydrogen (secondary N) is 2. The van der Waals surface area contributed by atoms with E-state index in [1.807, 2.05) is 30.5 Å². The highest BCUT2D eigenvalue weighted by Gasteiger charge is 2.34. The monoisotopic (exact) mass is 350 g/mol. The van der Waals surface area contributed by atoms with E-state index in [1.165, 1.54) is 5.56 Å². The molecule has 122 valence electrons. The third-order valence-electron chi connectivity index (χ3n) is 3.83. The van der Waals surface area contributed by atoms with Gasteiger partial charge >= 0.3 is 6.03 Å². The van der Waals surface area contributed by atoms with Crippen LogP contribution in [0.3, 0.4) is 0 Å². The molecule has 1 aliphatic rings. The van der Waals surface area contributed by atoms with Crippen LogP contribution >= 0.6 is 11.3 Å². The van der Waals surface area contributed by atoms with Crippen molar-refractivity contribution in [3.05, 3.63) is 51.7 Å². The molecule has 3 rings (SSSR count). The lowest BCUT2D eigenvalue weighted by atomic mass is 10.0. The second-order valence-corrected chi connectivity index (χ2v) is 8.67. The second kappa shape index (κ2) is 6.33. The standard InChI is InChI=1S/C16H18N2O3S2/c1-11-6-13(22-9-11)8-18-16(19)17-7-12-10-23(20,21)15-5-3-2-4-14(12)15/h2-6,9,12H,7-8,10H2,1H3,(H2,17,18,19). The van der Waals surface area contributed by atoms with Crippen LogP contribution in [-0.4, -0.2) is 26.7 Å². The molecule has 0 radical (unpaired) electrons. The summed E-state index contributed by atoms with van der Waals surface area (Å²) in [6, 6.07) is 8.75. The zero-order chi connectivity index (χ0) is 16.4. The van der Waals surface area contributed by atoms with Crippen molar-refractivity contribution in [1.82, 2.24) is 10.6 Å². The maximum Gasteiger partial charge on any atom is 0.315 e. The van der Waals surface area contributed by atoms with Crippen molar-refractivity contribution in [1.29, 1.82) is 0 Å². The predicted molar refractivity (Wildman–Crippen MR) is 90.5 cm³/mol. The molecule has 0 saturated heterocycles. The molecule has 1 atom stereocenters. The minimum Gasteiger partial charge on any atom is -0.338 e. The minimum absolute atomic E-state index is 0.0523. The molecule has 1 unspecified atom stereocenters. The Morgan fingerprint density at radius 3 is 2.83 bits per heavy atom. The molecule has 0 spiro atoms. The van der Waals surface area contributed by atoms with Gasteiger partial charge in [-0.1, -0.05) is 18.2 Å². The number of hydrogen-bond acceptors (Lipinski definition) is 4. The maximum absolute atomic E-state index is 12.1. The molecule has 2 aromatic rings. The van der Waals surface area contributed by atoms with Crippen LogP contribution < -0.4 is 10.6 Å². The van der Waals surface area contributed by atoms with Crippen molar-refractivity contribution in [2.45, 2.75) is 24.3 Å². The fourth-order valence-electron chi connectivity index (χ4n) is 2.74. The third kappa shape index (κ3) is 3.56. The van der Waals surface area contributed by atoms with E-state index in [1.54, 1.807) is 23.5 Å². The lowest BCUT2D eigenvalue weighted by Crippen LogP contribution is -2.37. The Morgan fingerprint density at radius 2 is 2.09 bits per heavy atom. The van der Waals surface area contributed by atoms with Crippen LogP contribution in [0.25, 0.3) is 0 Å². The van der Waals surface area contributed by atoms with E-state index in [2.05, 4.69) is 10.6 Å². The molecule has 0 bridgehead atoms. The molecule has 2 heterocycles. The van der Waals surface area contributed by atoms with Crippen LogP contribution in [-0.2, 0) is 16.4 Å². The number of hydrogen-bond donors (Lipinski definition) is 2. The minimum atomic E-state index is -3.23. The van der Waals surface area contributed by atoms with Gasteiger partial charge in [0.15, 0.2) is 9.84 Å². The predicted octanol–water partition coefficient (Wildman–Crippen LogP) is 2.43. The Labute approximate surface area is 139 Å². The number of thiophene rings is 1. The van der Waals surface area contributed by atoms with Gasteiger partial charge in [0, 0.05) is 17.3 Å². The first-order valence-corrected chi connectivity index (χ1v) is 9.86. The van der Waals surface area contributed by atoms with E-state index in [0.717, 1.165) is 10.4 Å². The molecule has 5 nitrogen and oxygen atoms in total. The molecule has 1 aromatic heterocycles. The quantitative estimate of drug-likeness (QED) is 0.889. The Hall–Kier alpha value is -1.86. The first-order valence-electron chi connectivity index (χ1n) is 7.33. The fraction of sp³-hybridized carbons (Fsp3) is 0.312. The van der Waals surface area contributed by atoms with Crippen molar-refractivity contribution in [2.24, 2.45) is 0 Å². The smallest absolute Gasteiger partial charge is 0.315 e. The van der Waals surface area contributed by atoms with Gasteiger partial charge in [-0.15, -0.1) is 11.3 Å². The summed E-state index contributed by atoms with van der Waals surface area (Å²) in [7, 11) is -3.23. The summed E-state index contributed by atoms with van der Waals surface area (Å²) < 4.78 is 24.2. The van der Waals surface area contributed by atoms with Crippen LogP contribution in [0.2, 0.25) is 0 Å². The number of carbonyl (C=O) groups is 1. The van der Waals surface area contributed by atoms with Crippen molar-refractivity contribution in [3.63, 3.8) is 0 Å². The van der Waals surface area contributed by atoms with E-state index < -0.39 is 9.84 Å². The van der Waals surface area contributed by atoms with Crippen LogP contribution in [0, 0.1) is 6.92 Å². The van der Waals surface area contributed by atoms with Gasteiger partial charge < -0.3 is 10.6 Å². The molecule has 2 N–H and O–H groups in total. The number of rotatable bonds is 4. The van der Waals surface area contributed by atoms with Gasteiger partial charge in [-0.05, 0) is 35.6 Å². The fourth-order valence-corrected chi connectivity index (χ4v) is 5.44. The van der Waals surface area contributed by atoms with Gasteiger partial charge in [-0.3, -0.25) is 0 Å². The molecular weight excluding hydrogens is 332 g/mol. The van der Waals surface area contributed by atoms with Crippen LogP contribution in [0.4, 0.5) is 4.79 Å². The highest BCUT2D eigenvalue weighted by Crippen LogP contribution is 2.34. The number of amides is 2. The number of aryl methyl sites for hydroxylation is 1. The van der Waals surface area contributed by atoms with Gasteiger partial charge in [0.05, 0.1) is 17.2 Å². The van der Waals surface area contributed by atoms with Crippen molar-refractivity contribution < 1.29 is 13.2 Å². The number of benzene rings is 1. The number of fused-ring (bicyclic) bond motifs is 1. The molecule has 0 fully saturated rings. The molecular formula is C16H18N2O3S2. The molecule has 2 amide bonds. The third-order valence-corrected chi connectivity index (χ3v) is 6.77. The Balaban J connectivity index is 1.56. The van der Waals surface area contributed by atoms with E-state index in [4.69, 9.17) is 0 Å². The molecule has 1 aromatic carbocycles. The molecule has 23 heavy (non-hydrogen) atoms. The topological polar surface area (TPSA) is 75.3 Å². The lowest BCUT2D eigenvalue weighted by molar-refractivity contribution is 0.240. The molecule has 0 saturated carbocycles. The van der Waals surface area contributed by atoms with Gasteiger partial charge in [0.2, 0.25) is 0 Å². The van der Waals surface area contributed by atoms with Gasteiger partial charge in [0.1, 0.15) is 0 Å². The van der Waals surface area contributed by atoms with Gasteiger partial charge in [-0.25, -0.2) is 13.2 Å². The Kier molecular flexibility index (Phi) is 4.41.